The number of benzene rings is 2. The molecule has 0 bridgehead atoms. The van der Waals surface area contributed by atoms with E-state index in [1.165, 1.54) is 6.20 Å². The molecule has 7 rings (SSSR count). The van der Waals surface area contributed by atoms with Crippen LogP contribution in [0.4, 0.5) is 5.69 Å². The van der Waals surface area contributed by atoms with Gasteiger partial charge in [0.25, 0.3) is 11.5 Å². The second-order valence-corrected chi connectivity index (χ2v) is 11.5. The number of carbonyl (C=O) groups excluding carboxylic acids is 1. The molecule has 1 amide bonds. The highest BCUT2D eigenvalue weighted by atomic mass is 35.5. The SMILES string of the molecule is CN1CCC(N2Cc3cc4[nH]c(-c5c(NC[C@@H](O)COc6ccc7c(c6Cl)OCO7)cc[nH]c5=O)nc4cc3C2=O)CC1. The molecular formula is C30H31ClN6O6. The Bertz CT molecular complexity index is 1760. The van der Waals surface area contributed by atoms with E-state index in [4.69, 9.17) is 25.8 Å². The van der Waals surface area contributed by atoms with E-state index in [1.54, 1.807) is 18.2 Å². The predicted octanol–water partition coefficient (Wildman–Crippen LogP) is 3.20. The zero-order chi connectivity index (χ0) is 29.7. The number of nitrogens with one attached hydrogen (secondary N) is 3. The van der Waals surface area contributed by atoms with E-state index in [-0.39, 0.29) is 42.5 Å². The lowest BCUT2D eigenvalue weighted by atomic mass is 10.0. The Morgan fingerprint density at radius 3 is 2.88 bits per heavy atom. The van der Waals surface area contributed by atoms with Crippen molar-refractivity contribution in [3.05, 3.63) is 63.0 Å². The first-order valence-electron chi connectivity index (χ1n) is 14.2. The van der Waals surface area contributed by atoms with Crippen molar-refractivity contribution in [2.75, 3.05) is 45.4 Å². The normalized spacial score (nSPS) is 17.5. The molecule has 12 nitrogen and oxygen atoms in total. The average molecular weight is 607 g/mol. The van der Waals surface area contributed by atoms with Crippen LogP contribution in [0.2, 0.25) is 5.02 Å². The molecule has 3 aliphatic rings. The van der Waals surface area contributed by atoms with E-state index in [2.05, 4.69) is 32.2 Å². The van der Waals surface area contributed by atoms with Crippen LogP contribution < -0.4 is 25.1 Å². The number of aromatic nitrogens is 3. The molecule has 13 heteroatoms. The highest BCUT2D eigenvalue weighted by Gasteiger charge is 2.34. The maximum absolute atomic E-state index is 13.3. The van der Waals surface area contributed by atoms with Crippen LogP contribution in [0.25, 0.3) is 22.4 Å². The number of pyridine rings is 1. The second kappa shape index (κ2) is 11.1. The molecule has 4 N–H and O–H groups in total. The molecule has 0 spiro atoms. The standard InChI is InChI=1S/C30H31ClN6O6/c1-36-8-5-17(6-9-36)37-13-16-10-21-22(11-19(16)30(37)40)35-28(34-21)25-20(4-7-32-29(25)39)33-12-18(38)14-41-23-2-3-24-27(26(23)31)43-15-42-24/h2-4,7,10-11,17-18,38H,5-6,8-9,12-15H2,1H3,(H,34,35)(H2,32,33,39)/t18-/m1/s1. The van der Waals surface area contributed by atoms with Crippen molar-refractivity contribution in [1.82, 2.24) is 24.8 Å². The first-order chi connectivity index (χ1) is 20.9. The highest BCUT2D eigenvalue weighted by molar-refractivity contribution is 6.33. The van der Waals surface area contributed by atoms with Crippen LogP contribution in [0.3, 0.4) is 0 Å². The van der Waals surface area contributed by atoms with Crippen molar-refractivity contribution in [3.8, 4) is 28.6 Å². The zero-order valence-electron chi connectivity index (χ0n) is 23.5. The van der Waals surface area contributed by atoms with E-state index in [0.717, 1.165) is 37.0 Å². The number of anilines is 1. The van der Waals surface area contributed by atoms with E-state index in [1.807, 2.05) is 17.0 Å². The molecule has 0 saturated carbocycles. The van der Waals surface area contributed by atoms with Crippen LogP contribution in [0, 0.1) is 0 Å². The number of aromatic amines is 2. The number of carbonyl (C=O) groups is 1. The number of ether oxygens (including phenoxy) is 3. The van der Waals surface area contributed by atoms with E-state index in [0.29, 0.717) is 51.9 Å². The summed E-state index contributed by atoms with van der Waals surface area (Å²) < 4.78 is 16.4. The molecule has 224 valence electrons. The first kappa shape index (κ1) is 27.6. The van der Waals surface area contributed by atoms with E-state index >= 15 is 0 Å². The smallest absolute Gasteiger partial charge is 0.261 e. The van der Waals surface area contributed by atoms with Gasteiger partial charge in [-0.15, -0.1) is 0 Å². The molecule has 3 aliphatic heterocycles. The third kappa shape index (κ3) is 5.15. The molecule has 0 radical (unpaired) electrons. The van der Waals surface area contributed by atoms with Crippen molar-refractivity contribution in [2.45, 2.75) is 31.5 Å². The molecule has 5 heterocycles. The van der Waals surface area contributed by atoms with Crippen LogP contribution in [-0.2, 0) is 6.54 Å². The van der Waals surface area contributed by atoms with Gasteiger partial charge in [0, 0.05) is 30.9 Å². The molecule has 0 unspecified atom stereocenters. The van der Waals surface area contributed by atoms with E-state index < -0.39 is 6.10 Å². The molecule has 2 aromatic carbocycles. The Kier molecular flexibility index (Phi) is 7.12. The molecule has 1 atom stereocenters. The second-order valence-electron chi connectivity index (χ2n) is 11.1. The van der Waals surface area contributed by atoms with Gasteiger partial charge in [0.15, 0.2) is 11.5 Å². The molecule has 1 saturated heterocycles. The van der Waals surface area contributed by atoms with Crippen molar-refractivity contribution in [3.63, 3.8) is 0 Å². The summed E-state index contributed by atoms with van der Waals surface area (Å²) in [7, 11) is 2.11. The fourth-order valence-corrected chi connectivity index (χ4v) is 6.19. The number of hydrogen-bond donors (Lipinski definition) is 4. The first-order valence-corrected chi connectivity index (χ1v) is 14.6. The number of aliphatic hydroxyl groups is 1. The van der Waals surface area contributed by atoms with Gasteiger partial charge >= 0.3 is 0 Å². The molecule has 4 aromatic rings. The van der Waals surface area contributed by atoms with Crippen molar-refractivity contribution in [1.29, 1.82) is 0 Å². The number of hydrogen-bond acceptors (Lipinski definition) is 9. The third-order valence-corrected chi connectivity index (χ3v) is 8.63. The summed E-state index contributed by atoms with van der Waals surface area (Å²) in [5.41, 5.74) is 3.41. The molecule has 1 fully saturated rings. The average Bonchev–Trinajstić information content (AvgIpc) is 3.72. The monoisotopic (exact) mass is 606 g/mol. The van der Waals surface area contributed by atoms with Crippen LogP contribution in [0.15, 0.2) is 41.3 Å². The van der Waals surface area contributed by atoms with Gasteiger partial charge in [0.1, 0.15) is 34.9 Å². The summed E-state index contributed by atoms with van der Waals surface area (Å²) >= 11 is 6.34. The largest absolute Gasteiger partial charge is 0.489 e. The van der Waals surface area contributed by atoms with Crippen LogP contribution in [-0.4, -0.2) is 88.0 Å². The topological polar surface area (TPSA) is 145 Å². The van der Waals surface area contributed by atoms with Crippen LogP contribution in [0.1, 0.15) is 28.8 Å². The van der Waals surface area contributed by atoms with Gasteiger partial charge in [-0.2, -0.15) is 0 Å². The lowest BCUT2D eigenvalue weighted by Crippen LogP contribution is -2.43. The van der Waals surface area contributed by atoms with Crippen LogP contribution >= 0.6 is 11.6 Å². The molecule has 2 aromatic heterocycles. The quantitative estimate of drug-likeness (QED) is 0.238. The number of piperidine rings is 1. The summed E-state index contributed by atoms with van der Waals surface area (Å²) in [6.45, 7) is 2.67. The molecule has 43 heavy (non-hydrogen) atoms. The fourth-order valence-electron chi connectivity index (χ4n) is 5.93. The summed E-state index contributed by atoms with van der Waals surface area (Å²) in [6, 6.07) is 9.07. The van der Waals surface area contributed by atoms with Gasteiger partial charge in [0.2, 0.25) is 6.79 Å². The van der Waals surface area contributed by atoms with Crippen molar-refractivity contribution < 1.29 is 24.1 Å². The van der Waals surface area contributed by atoms with Gasteiger partial charge in [-0.1, -0.05) is 11.6 Å². The number of fused-ring (bicyclic) bond motifs is 3. The number of halogens is 1. The number of rotatable bonds is 8. The number of H-pyrrole nitrogens is 2. The third-order valence-electron chi connectivity index (χ3n) is 8.27. The number of imidazole rings is 1. The Morgan fingerprint density at radius 2 is 2.05 bits per heavy atom. The van der Waals surface area contributed by atoms with Gasteiger partial charge < -0.3 is 44.4 Å². The Labute approximate surface area is 251 Å². The number of likely N-dealkylation sites (tertiary alicyclic amines) is 1. The van der Waals surface area contributed by atoms with Gasteiger partial charge in [-0.3, -0.25) is 9.59 Å². The fraction of sp³-hybridized carbons (Fsp3) is 0.367. The number of nitrogens with zero attached hydrogens (tertiary/aromatic N) is 3. The lowest BCUT2D eigenvalue weighted by molar-refractivity contribution is 0.0617. The Balaban J connectivity index is 1.06. The number of aliphatic hydroxyl groups excluding tert-OH is 1. The summed E-state index contributed by atoms with van der Waals surface area (Å²) in [4.78, 5) is 41.2. The van der Waals surface area contributed by atoms with Gasteiger partial charge in [-0.25, -0.2) is 4.98 Å². The number of amides is 1. The Hall–Kier alpha value is -4.26. The minimum Gasteiger partial charge on any atom is -0.489 e. The van der Waals surface area contributed by atoms with Crippen molar-refractivity contribution in [2.24, 2.45) is 0 Å². The van der Waals surface area contributed by atoms with E-state index in [9.17, 15) is 14.7 Å². The Morgan fingerprint density at radius 1 is 1.21 bits per heavy atom. The maximum Gasteiger partial charge on any atom is 0.261 e. The zero-order valence-corrected chi connectivity index (χ0v) is 24.2. The summed E-state index contributed by atoms with van der Waals surface area (Å²) in [5.74, 6) is 1.71. The minimum atomic E-state index is -0.925. The molecular weight excluding hydrogens is 576 g/mol. The van der Waals surface area contributed by atoms with Crippen molar-refractivity contribution >= 4 is 34.2 Å². The lowest BCUT2D eigenvalue weighted by Gasteiger charge is -2.34. The predicted molar refractivity (Wildman–Crippen MR) is 160 cm³/mol. The maximum atomic E-state index is 13.3. The molecule has 0 aliphatic carbocycles. The van der Waals surface area contributed by atoms with Crippen LogP contribution in [0.5, 0.6) is 17.2 Å². The highest BCUT2D eigenvalue weighted by Crippen LogP contribution is 2.44. The van der Waals surface area contributed by atoms with Gasteiger partial charge in [0.05, 0.1) is 16.7 Å². The van der Waals surface area contributed by atoms with Gasteiger partial charge in [-0.05, 0) is 68.9 Å². The summed E-state index contributed by atoms with van der Waals surface area (Å²) in [5, 5.41) is 14.0. The minimum absolute atomic E-state index is 0.0363. The summed E-state index contributed by atoms with van der Waals surface area (Å²) in [6.07, 6.45) is 2.54.